The summed E-state index contributed by atoms with van der Waals surface area (Å²) < 4.78 is 38.5. The topological polar surface area (TPSA) is 99.8 Å². The molecule has 0 aliphatic rings. The number of H-pyrrole nitrogens is 1. The first-order valence-corrected chi connectivity index (χ1v) is 9.45. The van der Waals surface area contributed by atoms with Crippen molar-refractivity contribution >= 4 is 28.2 Å². The first kappa shape index (κ1) is 21.0. The summed E-state index contributed by atoms with van der Waals surface area (Å²) in [5.41, 5.74) is 0.520. The summed E-state index contributed by atoms with van der Waals surface area (Å²) in [5, 5.41) is 12.4. The molecule has 10 heteroatoms. The van der Waals surface area contributed by atoms with Crippen LogP contribution in [0.5, 0.6) is 0 Å². The lowest BCUT2D eigenvalue weighted by Gasteiger charge is -2.11. The number of benzene rings is 2. The number of halogens is 3. The number of carbonyl (C=O) groups excluding carboxylic acids is 1. The maximum atomic E-state index is 12.8. The molecule has 32 heavy (non-hydrogen) atoms. The van der Waals surface area contributed by atoms with Crippen LogP contribution in [0, 0.1) is 0 Å². The number of hydrogen-bond acceptors (Lipinski definition) is 4. The predicted molar refractivity (Wildman–Crippen MR) is 113 cm³/mol. The van der Waals surface area contributed by atoms with Crippen molar-refractivity contribution in [3.8, 4) is 0 Å². The Labute approximate surface area is 179 Å². The molecule has 3 N–H and O–H groups in total. The highest BCUT2D eigenvalue weighted by Crippen LogP contribution is 2.30. The highest BCUT2D eigenvalue weighted by molar-refractivity contribution is 6.01. The standard InChI is InChI=1S/C22H16F3N5O2/c23-22(24,25)14-4-1-5-15(10-14)27-21(32)28-16-6-7-17-18(11-16)20(31)30-29-19(17)9-13-3-2-8-26-12-13/h1-8,10-12H,9H2,(H,30,31)(H2,27,28,32). The van der Waals surface area contributed by atoms with Crippen molar-refractivity contribution in [2.24, 2.45) is 0 Å². The quantitative estimate of drug-likeness (QED) is 0.434. The highest BCUT2D eigenvalue weighted by Gasteiger charge is 2.30. The Hall–Kier alpha value is -4.21. The van der Waals surface area contributed by atoms with E-state index in [4.69, 9.17) is 0 Å². The van der Waals surface area contributed by atoms with Crippen molar-refractivity contribution in [2.75, 3.05) is 10.6 Å². The number of pyridine rings is 1. The number of rotatable bonds is 4. The van der Waals surface area contributed by atoms with E-state index >= 15 is 0 Å². The van der Waals surface area contributed by atoms with Gasteiger partial charge in [-0.2, -0.15) is 18.3 Å². The van der Waals surface area contributed by atoms with Crippen LogP contribution in [0.3, 0.4) is 0 Å². The third-order valence-electron chi connectivity index (χ3n) is 4.67. The zero-order chi connectivity index (χ0) is 22.7. The maximum absolute atomic E-state index is 12.8. The van der Waals surface area contributed by atoms with Gasteiger partial charge in [-0.05, 0) is 42.0 Å². The number of aromatic nitrogens is 3. The van der Waals surface area contributed by atoms with Crippen LogP contribution < -0.4 is 16.2 Å². The number of carbonyl (C=O) groups is 1. The average Bonchev–Trinajstić information content (AvgIpc) is 2.76. The van der Waals surface area contributed by atoms with E-state index in [1.807, 2.05) is 6.07 Å². The summed E-state index contributed by atoms with van der Waals surface area (Å²) in [6, 6.07) is 12.0. The van der Waals surface area contributed by atoms with Gasteiger partial charge in [-0.3, -0.25) is 9.78 Å². The van der Waals surface area contributed by atoms with Crippen LogP contribution in [0.4, 0.5) is 29.3 Å². The van der Waals surface area contributed by atoms with E-state index in [0.29, 0.717) is 28.6 Å². The number of hydrogen-bond donors (Lipinski definition) is 3. The molecule has 2 amide bonds. The number of alkyl halides is 3. The van der Waals surface area contributed by atoms with Crippen molar-refractivity contribution in [1.29, 1.82) is 0 Å². The molecule has 162 valence electrons. The number of amides is 2. The summed E-state index contributed by atoms with van der Waals surface area (Å²) in [6.07, 6.45) is -0.712. The first-order valence-electron chi connectivity index (χ1n) is 9.45. The molecule has 0 bridgehead atoms. The molecular formula is C22H16F3N5O2. The van der Waals surface area contributed by atoms with Crippen molar-refractivity contribution in [3.63, 3.8) is 0 Å². The Balaban J connectivity index is 1.55. The van der Waals surface area contributed by atoms with Gasteiger partial charge in [-0.25, -0.2) is 9.89 Å². The number of fused-ring (bicyclic) bond motifs is 1. The van der Waals surface area contributed by atoms with Gasteiger partial charge in [0.15, 0.2) is 0 Å². The van der Waals surface area contributed by atoms with Gasteiger partial charge in [0.05, 0.1) is 16.6 Å². The fourth-order valence-corrected chi connectivity index (χ4v) is 3.20. The molecule has 0 aliphatic heterocycles. The van der Waals surface area contributed by atoms with E-state index in [1.54, 1.807) is 30.6 Å². The molecular weight excluding hydrogens is 423 g/mol. The number of nitrogens with zero attached hydrogens (tertiary/aromatic N) is 2. The van der Waals surface area contributed by atoms with Gasteiger partial charge >= 0.3 is 12.2 Å². The van der Waals surface area contributed by atoms with Gasteiger partial charge in [0, 0.05) is 35.6 Å². The zero-order valence-electron chi connectivity index (χ0n) is 16.4. The average molecular weight is 439 g/mol. The van der Waals surface area contributed by atoms with E-state index in [1.165, 1.54) is 18.2 Å². The lowest BCUT2D eigenvalue weighted by Crippen LogP contribution is -2.20. The molecule has 4 rings (SSSR count). The molecule has 0 fully saturated rings. The fourth-order valence-electron chi connectivity index (χ4n) is 3.20. The Bertz CT molecular complexity index is 1340. The fraction of sp³-hybridized carbons (Fsp3) is 0.0909. The third-order valence-corrected chi connectivity index (χ3v) is 4.67. The van der Waals surface area contributed by atoms with Crippen LogP contribution in [0.1, 0.15) is 16.8 Å². The SMILES string of the molecule is O=C(Nc1cccc(C(F)(F)F)c1)Nc1ccc2c(Cc3cccnc3)n[nH]c(=O)c2c1. The van der Waals surface area contributed by atoms with Gasteiger partial charge < -0.3 is 10.6 Å². The van der Waals surface area contributed by atoms with Gasteiger partial charge in [-0.1, -0.05) is 18.2 Å². The Kier molecular flexibility index (Phi) is 5.59. The molecule has 0 atom stereocenters. The Morgan fingerprint density at radius 1 is 0.969 bits per heavy atom. The largest absolute Gasteiger partial charge is 0.416 e. The lowest BCUT2D eigenvalue weighted by atomic mass is 10.1. The van der Waals surface area contributed by atoms with Gasteiger partial charge in [0.2, 0.25) is 0 Å². The second-order valence-electron chi connectivity index (χ2n) is 6.96. The molecule has 0 saturated heterocycles. The minimum atomic E-state index is -4.52. The summed E-state index contributed by atoms with van der Waals surface area (Å²) in [6.45, 7) is 0. The van der Waals surface area contributed by atoms with E-state index in [-0.39, 0.29) is 5.69 Å². The van der Waals surface area contributed by atoms with E-state index in [2.05, 4.69) is 25.8 Å². The van der Waals surface area contributed by atoms with Crippen LogP contribution in [0.15, 0.2) is 71.8 Å². The molecule has 0 spiro atoms. The maximum Gasteiger partial charge on any atom is 0.416 e. The second kappa shape index (κ2) is 8.50. The molecule has 2 aromatic carbocycles. The van der Waals surface area contributed by atoms with Crippen LogP contribution in [0.2, 0.25) is 0 Å². The molecule has 0 unspecified atom stereocenters. The summed E-state index contributed by atoms with van der Waals surface area (Å²) >= 11 is 0. The highest BCUT2D eigenvalue weighted by atomic mass is 19.4. The predicted octanol–water partition coefficient (Wildman–Crippen LogP) is 4.57. The normalized spacial score (nSPS) is 11.3. The molecule has 2 heterocycles. The Morgan fingerprint density at radius 3 is 2.47 bits per heavy atom. The van der Waals surface area contributed by atoms with Crippen molar-refractivity contribution < 1.29 is 18.0 Å². The first-order chi connectivity index (χ1) is 15.3. The van der Waals surface area contributed by atoms with Crippen molar-refractivity contribution in [3.05, 3.63) is 94.2 Å². The van der Waals surface area contributed by atoms with Crippen LogP contribution in [-0.4, -0.2) is 21.2 Å². The van der Waals surface area contributed by atoms with E-state index in [9.17, 15) is 22.8 Å². The molecule has 0 radical (unpaired) electrons. The minimum absolute atomic E-state index is 0.0149. The van der Waals surface area contributed by atoms with Crippen LogP contribution in [0.25, 0.3) is 10.8 Å². The zero-order valence-corrected chi connectivity index (χ0v) is 16.4. The summed E-state index contributed by atoms with van der Waals surface area (Å²) in [5.74, 6) is 0. The van der Waals surface area contributed by atoms with E-state index in [0.717, 1.165) is 17.7 Å². The number of anilines is 2. The molecule has 0 saturated carbocycles. The second-order valence-corrected chi connectivity index (χ2v) is 6.96. The van der Waals surface area contributed by atoms with E-state index < -0.39 is 23.3 Å². The molecule has 7 nitrogen and oxygen atoms in total. The third kappa shape index (κ3) is 4.75. The van der Waals surface area contributed by atoms with Crippen LogP contribution in [-0.2, 0) is 12.6 Å². The summed E-state index contributed by atoms with van der Waals surface area (Å²) in [4.78, 5) is 28.6. The molecule has 4 aromatic rings. The molecule has 0 aliphatic carbocycles. The number of nitrogens with one attached hydrogen (secondary N) is 3. The van der Waals surface area contributed by atoms with Crippen molar-refractivity contribution in [1.82, 2.24) is 15.2 Å². The van der Waals surface area contributed by atoms with Gasteiger partial charge in [0.25, 0.3) is 5.56 Å². The smallest absolute Gasteiger partial charge is 0.308 e. The van der Waals surface area contributed by atoms with Gasteiger partial charge in [0.1, 0.15) is 0 Å². The van der Waals surface area contributed by atoms with Crippen molar-refractivity contribution in [2.45, 2.75) is 12.6 Å². The number of urea groups is 1. The molecule has 2 aromatic heterocycles. The van der Waals surface area contributed by atoms with Crippen LogP contribution >= 0.6 is 0 Å². The van der Waals surface area contributed by atoms with Gasteiger partial charge in [-0.15, -0.1) is 0 Å². The Morgan fingerprint density at radius 2 is 1.75 bits per heavy atom. The number of aromatic amines is 1. The summed E-state index contributed by atoms with van der Waals surface area (Å²) in [7, 11) is 0. The monoisotopic (exact) mass is 439 g/mol. The minimum Gasteiger partial charge on any atom is -0.308 e. The lowest BCUT2D eigenvalue weighted by molar-refractivity contribution is -0.137.